The van der Waals surface area contributed by atoms with Crippen molar-refractivity contribution in [2.75, 3.05) is 6.61 Å². The van der Waals surface area contributed by atoms with Crippen molar-refractivity contribution in [3.05, 3.63) is 71.3 Å². The van der Waals surface area contributed by atoms with Gasteiger partial charge < -0.3 is 9.47 Å². The smallest absolute Gasteiger partial charge is 0.339 e. The molecule has 0 heterocycles. The fourth-order valence-electron chi connectivity index (χ4n) is 2.03. The zero-order valence-corrected chi connectivity index (χ0v) is 19.2. The van der Waals surface area contributed by atoms with Crippen LogP contribution in [0.4, 0.5) is 0 Å². The van der Waals surface area contributed by atoms with Gasteiger partial charge in [-0.1, -0.05) is 55.8 Å². The number of ether oxygens (including phenoxy) is 2. The molecule has 2 aromatic rings. The van der Waals surface area contributed by atoms with E-state index in [1.54, 1.807) is 24.3 Å². The number of esters is 2. The third-order valence-corrected chi connectivity index (χ3v) is 3.31. The molecule has 0 saturated carbocycles. The molecule has 0 spiro atoms. The van der Waals surface area contributed by atoms with E-state index in [0.717, 1.165) is 18.4 Å². The molecule has 0 aromatic heterocycles. The quantitative estimate of drug-likeness (QED) is 0.433. The molecule has 4 nitrogen and oxygen atoms in total. The summed E-state index contributed by atoms with van der Waals surface area (Å²) >= 11 is 0. The first-order valence-electron chi connectivity index (χ1n) is 7.69. The predicted molar refractivity (Wildman–Crippen MR) is 98.7 cm³/mol. The van der Waals surface area contributed by atoms with Gasteiger partial charge in [0, 0.05) is 59.1 Å². The van der Waals surface area contributed by atoms with Crippen LogP contribution in [0.5, 0.6) is 0 Å². The van der Waals surface area contributed by atoms with Crippen LogP contribution in [-0.4, -0.2) is 77.7 Å². The topological polar surface area (TPSA) is 52.6 Å². The van der Waals surface area contributed by atoms with Crippen LogP contribution in [0.3, 0.4) is 0 Å². The van der Waals surface area contributed by atoms with Crippen LogP contribution in [0.1, 0.15) is 46.0 Å². The van der Waals surface area contributed by atoms with Crippen LogP contribution in [0.2, 0.25) is 0 Å². The molecule has 0 amide bonds. The molecule has 0 aliphatic rings. The number of unbranched alkanes of at least 4 members (excludes halogenated alkanes) is 1. The van der Waals surface area contributed by atoms with Gasteiger partial charge in [-0.25, -0.2) is 9.59 Å². The number of carbonyl (C=O) groups excluding carboxylic acids is 2. The largest absolute Gasteiger partial charge is 0.462 e. The van der Waals surface area contributed by atoms with E-state index in [9.17, 15) is 9.59 Å². The summed E-state index contributed by atoms with van der Waals surface area (Å²) in [5.74, 6) is -1.03. The molecule has 0 unspecified atom stereocenters. The van der Waals surface area contributed by atoms with Crippen molar-refractivity contribution in [1.29, 1.82) is 0 Å². The Bertz CT molecular complexity index is 659. The maximum absolute atomic E-state index is 12.2. The molecular weight excluding hydrogens is 338 g/mol. The van der Waals surface area contributed by atoms with Gasteiger partial charge in [0.25, 0.3) is 0 Å². The van der Waals surface area contributed by atoms with Gasteiger partial charge in [-0.15, -0.1) is 0 Å². The molecule has 0 bridgehead atoms. The molecule has 0 aliphatic heterocycles. The van der Waals surface area contributed by atoms with Crippen molar-refractivity contribution in [3.63, 3.8) is 0 Å². The Morgan fingerprint density at radius 1 is 0.800 bits per heavy atom. The molecule has 0 atom stereocenters. The average molecular weight is 358 g/mol. The third kappa shape index (κ3) is 8.07. The summed E-state index contributed by atoms with van der Waals surface area (Å²) in [6.07, 6.45) is 1.74. The Hall–Kier alpha value is -0.620. The Morgan fingerprint density at radius 3 is 1.88 bits per heavy atom. The third-order valence-electron chi connectivity index (χ3n) is 3.31. The van der Waals surface area contributed by atoms with E-state index in [0.29, 0.717) is 6.61 Å². The van der Waals surface area contributed by atoms with Gasteiger partial charge in [-0.3, -0.25) is 0 Å². The van der Waals surface area contributed by atoms with E-state index in [1.165, 1.54) is 0 Å². The van der Waals surface area contributed by atoms with Gasteiger partial charge >= 0.3 is 11.9 Å². The fraction of sp³-hybridized carbons (Fsp3) is 0.263. The second kappa shape index (κ2) is 13.6. The maximum Gasteiger partial charge on any atom is 0.339 e. The summed E-state index contributed by atoms with van der Waals surface area (Å²) in [5, 5.41) is 0. The van der Waals surface area contributed by atoms with E-state index >= 15 is 0 Å². The molecular formula is C19H20Na2O4. The first-order chi connectivity index (χ1) is 11.2. The van der Waals surface area contributed by atoms with Crippen LogP contribution in [0, 0.1) is 0 Å². The predicted octanol–water partition coefficient (Wildman–Crippen LogP) is 3.24. The zero-order chi connectivity index (χ0) is 16.5. The van der Waals surface area contributed by atoms with Gasteiger partial charge in [0.2, 0.25) is 0 Å². The van der Waals surface area contributed by atoms with Gasteiger partial charge in [0.15, 0.2) is 0 Å². The van der Waals surface area contributed by atoms with Gasteiger partial charge in [0.1, 0.15) is 6.61 Å². The second-order valence-corrected chi connectivity index (χ2v) is 5.10. The molecule has 2 radical (unpaired) electrons. The minimum Gasteiger partial charge on any atom is -0.462 e. The summed E-state index contributed by atoms with van der Waals surface area (Å²) < 4.78 is 10.5. The average Bonchev–Trinajstić information content (AvgIpc) is 2.60. The SMILES string of the molecule is CCCCOC(=O)c1ccccc1C(=O)OCc1ccccc1.[Na].[Na]. The Labute approximate surface area is 192 Å². The summed E-state index contributed by atoms with van der Waals surface area (Å²) in [5.41, 5.74) is 1.36. The zero-order valence-electron chi connectivity index (χ0n) is 15.2. The number of rotatable bonds is 7. The molecule has 6 heteroatoms. The van der Waals surface area contributed by atoms with E-state index in [-0.39, 0.29) is 76.8 Å². The van der Waals surface area contributed by atoms with Crippen LogP contribution in [0.15, 0.2) is 54.6 Å². The van der Waals surface area contributed by atoms with Crippen molar-refractivity contribution in [3.8, 4) is 0 Å². The van der Waals surface area contributed by atoms with Gasteiger partial charge in [-0.2, -0.15) is 0 Å². The van der Waals surface area contributed by atoms with Crippen LogP contribution >= 0.6 is 0 Å². The minimum absolute atomic E-state index is 0. The van der Waals surface area contributed by atoms with Crippen molar-refractivity contribution in [1.82, 2.24) is 0 Å². The van der Waals surface area contributed by atoms with Crippen molar-refractivity contribution in [2.24, 2.45) is 0 Å². The molecule has 0 aliphatic carbocycles. The summed E-state index contributed by atoms with van der Waals surface area (Å²) in [7, 11) is 0. The molecule has 122 valence electrons. The van der Waals surface area contributed by atoms with Crippen molar-refractivity contribution >= 4 is 71.1 Å². The Morgan fingerprint density at radius 2 is 1.32 bits per heavy atom. The first-order valence-corrected chi connectivity index (χ1v) is 7.69. The minimum atomic E-state index is -0.531. The first kappa shape index (κ1) is 24.4. The molecule has 0 N–H and O–H groups in total. The van der Waals surface area contributed by atoms with E-state index < -0.39 is 11.9 Å². The maximum atomic E-state index is 12.2. The number of hydrogen-bond donors (Lipinski definition) is 0. The Balaban J connectivity index is 0.00000288. The van der Waals surface area contributed by atoms with Crippen LogP contribution < -0.4 is 0 Å². The monoisotopic (exact) mass is 358 g/mol. The van der Waals surface area contributed by atoms with Crippen molar-refractivity contribution in [2.45, 2.75) is 26.4 Å². The second-order valence-electron chi connectivity index (χ2n) is 5.10. The van der Waals surface area contributed by atoms with Gasteiger partial charge in [0.05, 0.1) is 17.7 Å². The molecule has 25 heavy (non-hydrogen) atoms. The summed E-state index contributed by atoms with van der Waals surface area (Å²) in [6.45, 7) is 2.53. The van der Waals surface area contributed by atoms with Gasteiger partial charge in [-0.05, 0) is 24.1 Å². The molecule has 0 saturated heterocycles. The standard InChI is InChI=1S/C19H20O4.2Na/c1-2-3-13-22-18(20)16-11-7-8-12-17(16)19(21)23-14-15-9-5-4-6-10-15;;/h4-12H,2-3,13-14H2,1H3;;. The number of hydrogen-bond acceptors (Lipinski definition) is 4. The molecule has 2 rings (SSSR count). The Kier molecular flexibility index (Phi) is 13.2. The number of benzene rings is 2. The van der Waals surface area contributed by atoms with E-state index in [4.69, 9.17) is 9.47 Å². The van der Waals surface area contributed by atoms with Crippen LogP contribution in [-0.2, 0) is 16.1 Å². The fourth-order valence-corrected chi connectivity index (χ4v) is 2.03. The van der Waals surface area contributed by atoms with Crippen LogP contribution in [0.25, 0.3) is 0 Å². The number of carbonyl (C=O) groups is 2. The van der Waals surface area contributed by atoms with Crippen molar-refractivity contribution < 1.29 is 19.1 Å². The van der Waals surface area contributed by atoms with E-state index in [1.807, 2.05) is 37.3 Å². The van der Waals surface area contributed by atoms with E-state index in [2.05, 4.69) is 0 Å². The molecule has 0 fully saturated rings. The molecule has 2 aromatic carbocycles. The normalized spacial score (nSPS) is 9.32. The summed E-state index contributed by atoms with van der Waals surface area (Å²) in [4.78, 5) is 24.3. The summed E-state index contributed by atoms with van der Waals surface area (Å²) in [6, 6.07) is 15.9.